The van der Waals surface area contributed by atoms with E-state index in [0.29, 0.717) is 32.9 Å². The molecule has 3 aromatic rings. The van der Waals surface area contributed by atoms with Gasteiger partial charge in [0.15, 0.2) is 16.8 Å². The number of terminal acetylenes is 1. The monoisotopic (exact) mass is 450 g/mol. The third-order valence-corrected chi connectivity index (χ3v) is 7.20. The zero-order valence-electron chi connectivity index (χ0n) is 17.3. The van der Waals surface area contributed by atoms with Crippen LogP contribution in [0.5, 0.6) is 5.75 Å². The van der Waals surface area contributed by atoms with Crippen molar-refractivity contribution in [1.82, 2.24) is 9.97 Å². The predicted octanol–water partition coefficient (Wildman–Crippen LogP) is 4.18. The van der Waals surface area contributed by atoms with E-state index in [9.17, 15) is 8.78 Å². The highest BCUT2D eigenvalue weighted by atomic mass is 32.2. The summed E-state index contributed by atoms with van der Waals surface area (Å²) in [6.45, 7) is 1.98. The largest absolute Gasteiger partial charge is 0.479 e. The fourth-order valence-electron chi connectivity index (χ4n) is 4.39. The van der Waals surface area contributed by atoms with Crippen LogP contribution in [-0.2, 0) is 12.0 Å². The first-order valence-corrected chi connectivity index (χ1v) is 11.1. The van der Waals surface area contributed by atoms with E-state index in [0.717, 1.165) is 11.8 Å². The Hall–Kier alpha value is -3.18. The Kier molecular flexibility index (Phi) is 5.01. The summed E-state index contributed by atoms with van der Waals surface area (Å²) in [6, 6.07) is 6.54. The molecule has 3 atom stereocenters. The Labute approximate surface area is 188 Å². The third-order valence-electron chi connectivity index (χ3n) is 6.05. The van der Waals surface area contributed by atoms with Gasteiger partial charge in [0, 0.05) is 34.7 Å². The number of pyridine rings is 2. The molecule has 0 spiro atoms. The van der Waals surface area contributed by atoms with E-state index in [1.165, 1.54) is 17.8 Å². The average molecular weight is 451 g/mol. The topological polar surface area (TPSA) is 73.4 Å². The molecule has 1 aliphatic carbocycles. The molecule has 0 saturated heterocycles. The van der Waals surface area contributed by atoms with Gasteiger partial charge in [-0.05, 0) is 43.2 Å². The van der Waals surface area contributed by atoms with Crippen LogP contribution in [0.2, 0.25) is 0 Å². The fourth-order valence-corrected chi connectivity index (χ4v) is 5.67. The lowest BCUT2D eigenvalue weighted by atomic mass is 9.85. The van der Waals surface area contributed by atoms with Gasteiger partial charge in [-0.15, -0.1) is 6.42 Å². The molecule has 2 aromatic heterocycles. The van der Waals surface area contributed by atoms with Crippen molar-refractivity contribution < 1.29 is 13.5 Å². The first-order valence-electron chi connectivity index (χ1n) is 10.2. The molecule has 0 unspecified atom stereocenters. The number of halogens is 2. The molecule has 5 rings (SSSR count). The van der Waals surface area contributed by atoms with Gasteiger partial charge < -0.3 is 10.5 Å². The average Bonchev–Trinajstić information content (AvgIpc) is 3.55. The van der Waals surface area contributed by atoms with E-state index >= 15 is 0 Å². The molecule has 0 amide bonds. The van der Waals surface area contributed by atoms with Crippen LogP contribution in [0.3, 0.4) is 0 Å². The number of hydrogen-bond donors (Lipinski definition) is 1. The fraction of sp³-hybridized carbons (Fsp3) is 0.292. The molecular weight excluding hydrogens is 430 g/mol. The smallest absolute Gasteiger partial charge is 0.164 e. The van der Waals surface area contributed by atoms with Gasteiger partial charge in [-0.1, -0.05) is 17.7 Å². The molecule has 1 aliphatic heterocycles. The number of thioether (sulfide) groups is 1. The molecule has 0 bridgehead atoms. The van der Waals surface area contributed by atoms with Gasteiger partial charge in [-0.2, -0.15) is 0 Å². The number of fused-ring (bicyclic) bond motifs is 2. The lowest BCUT2D eigenvalue weighted by molar-refractivity contribution is 0.369. The lowest BCUT2D eigenvalue weighted by Gasteiger charge is -2.30. The Balaban J connectivity index is 1.52. The van der Waals surface area contributed by atoms with Crippen molar-refractivity contribution in [3.8, 4) is 18.1 Å². The number of rotatable bonds is 5. The zero-order chi connectivity index (χ0) is 22.5. The number of nitrogens with zero attached hydrogens (tertiary/aromatic N) is 3. The Morgan fingerprint density at radius 3 is 2.97 bits per heavy atom. The van der Waals surface area contributed by atoms with Crippen LogP contribution in [0.25, 0.3) is 10.9 Å². The Morgan fingerprint density at radius 2 is 2.16 bits per heavy atom. The summed E-state index contributed by atoms with van der Waals surface area (Å²) in [4.78, 5) is 13.4. The molecular formula is C24H20F2N4OS. The summed E-state index contributed by atoms with van der Waals surface area (Å²) in [6.07, 6.45) is 9.64. The lowest BCUT2D eigenvalue weighted by Crippen LogP contribution is -2.32. The minimum Gasteiger partial charge on any atom is -0.479 e. The van der Waals surface area contributed by atoms with E-state index in [-0.39, 0.29) is 24.5 Å². The molecule has 1 fully saturated rings. The molecule has 1 aromatic carbocycles. The molecule has 5 nitrogen and oxygen atoms in total. The molecule has 3 heterocycles. The first kappa shape index (κ1) is 20.7. The number of nitrogens with two attached hydrogens (primary N) is 1. The maximum atomic E-state index is 14.9. The highest BCUT2D eigenvalue weighted by Gasteiger charge is 2.55. The molecule has 0 radical (unpaired) electrons. The summed E-state index contributed by atoms with van der Waals surface area (Å²) >= 11 is 1.51. The van der Waals surface area contributed by atoms with Gasteiger partial charge in [0.25, 0.3) is 0 Å². The number of amidine groups is 1. The van der Waals surface area contributed by atoms with Gasteiger partial charge in [-0.25, -0.2) is 8.78 Å². The van der Waals surface area contributed by atoms with E-state index < -0.39 is 17.2 Å². The number of aliphatic imine (C=N–C) groups is 1. The van der Waals surface area contributed by atoms with Crippen LogP contribution < -0.4 is 10.5 Å². The van der Waals surface area contributed by atoms with Gasteiger partial charge in [-0.3, -0.25) is 15.0 Å². The Morgan fingerprint density at radius 1 is 1.31 bits per heavy atom. The summed E-state index contributed by atoms with van der Waals surface area (Å²) in [5.74, 6) is 1.34. The first-order chi connectivity index (χ1) is 15.4. The number of hydrogen-bond acceptors (Lipinski definition) is 6. The second-order valence-corrected chi connectivity index (χ2v) is 9.46. The van der Waals surface area contributed by atoms with Crippen molar-refractivity contribution in [2.24, 2.45) is 16.6 Å². The third kappa shape index (κ3) is 3.56. The molecule has 162 valence electrons. The SMILES string of the molecule is C#CCOc1cnc2c(Cc3cc(F)c(F)c([C@@]4(C)N=C(N)S[C@H]5C[C@H]54)c3)nccc2c1. The summed E-state index contributed by atoms with van der Waals surface area (Å²) < 4.78 is 35.0. The van der Waals surface area contributed by atoms with Crippen molar-refractivity contribution in [2.45, 2.75) is 30.6 Å². The minimum atomic E-state index is -0.902. The van der Waals surface area contributed by atoms with Crippen molar-refractivity contribution in [3.63, 3.8) is 0 Å². The second-order valence-electron chi connectivity index (χ2n) is 8.21. The van der Waals surface area contributed by atoms with Gasteiger partial charge >= 0.3 is 0 Å². The van der Waals surface area contributed by atoms with Crippen molar-refractivity contribution >= 4 is 27.8 Å². The van der Waals surface area contributed by atoms with E-state index in [1.54, 1.807) is 18.5 Å². The number of aromatic nitrogens is 2. The van der Waals surface area contributed by atoms with Crippen molar-refractivity contribution in [1.29, 1.82) is 0 Å². The summed E-state index contributed by atoms with van der Waals surface area (Å²) in [5.41, 5.74) is 7.25. The van der Waals surface area contributed by atoms with Crippen LogP contribution >= 0.6 is 11.8 Å². The van der Waals surface area contributed by atoms with Crippen LogP contribution in [0, 0.1) is 29.9 Å². The van der Waals surface area contributed by atoms with E-state index in [1.807, 2.05) is 19.1 Å². The second kappa shape index (κ2) is 7.75. The van der Waals surface area contributed by atoms with Crippen molar-refractivity contribution in [2.75, 3.05) is 6.61 Å². The van der Waals surface area contributed by atoms with Gasteiger partial charge in [0.05, 0.1) is 22.9 Å². The maximum Gasteiger partial charge on any atom is 0.164 e. The van der Waals surface area contributed by atoms with Crippen molar-refractivity contribution in [3.05, 3.63) is 65.1 Å². The van der Waals surface area contributed by atoms with Crippen LogP contribution in [-0.4, -0.2) is 27.0 Å². The normalized spacial score (nSPS) is 23.9. The molecule has 1 saturated carbocycles. The summed E-state index contributed by atoms with van der Waals surface area (Å²) in [7, 11) is 0. The number of ether oxygens (including phenoxy) is 1. The molecule has 32 heavy (non-hydrogen) atoms. The highest BCUT2D eigenvalue weighted by molar-refractivity contribution is 8.14. The number of benzene rings is 1. The Bertz CT molecular complexity index is 1310. The molecule has 8 heteroatoms. The molecule has 2 aliphatic rings. The standard InChI is InChI=1S/C24H20F2N4OS/c1-3-6-31-15-10-14-4-5-28-19(22(14)29-12-15)9-13-7-17(21(26)18(25)8-13)24(2)16-11-20(16)32-23(27)30-24/h1,4-5,7-8,10,12,16,20H,6,9,11H2,2H3,(H2,27,30)/t16-,20+,24+/m1/s1. The van der Waals surface area contributed by atoms with E-state index in [2.05, 4.69) is 20.9 Å². The van der Waals surface area contributed by atoms with Gasteiger partial charge in [0.1, 0.15) is 12.4 Å². The maximum absolute atomic E-state index is 14.9. The highest BCUT2D eigenvalue weighted by Crippen LogP contribution is 2.57. The summed E-state index contributed by atoms with van der Waals surface area (Å²) in [5, 5.41) is 1.54. The quantitative estimate of drug-likeness (QED) is 0.591. The van der Waals surface area contributed by atoms with Crippen LogP contribution in [0.1, 0.15) is 30.2 Å². The van der Waals surface area contributed by atoms with E-state index in [4.69, 9.17) is 16.9 Å². The molecule has 2 N–H and O–H groups in total. The zero-order valence-corrected chi connectivity index (χ0v) is 18.1. The van der Waals surface area contributed by atoms with Crippen LogP contribution in [0.4, 0.5) is 8.78 Å². The van der Waals surface area contributed by atoms with Gasteiger partial charge in [0.2, 0.25) is 0 Å². The predicted molar refractivity (Wildman–Crippen MR) is 121 cm³/mol. The van der Waals surface area contributed by atoms with Crippen LogP contribution in [0.15, 0.2) is 41.7 Å². The minimum absolute atomic E-state index is 0.141.